The number of hydrogen-bond donors (Lipinski definition) is 1. The summed E-state index contributed by atoms with van der Waals surface area (Å²) in [5, 5.41) is 11.5. The summed E-state index contributed by atoms with van der Waals surface area (Å²) in [6, 6.07) is 16.1. The van der Waals surface area contributed by atoms with E-state index >= 15 is 0 Å². The molecule has 4 nitrogen and oxygen atoms in total. The lowest BCUT2D eigenvalue weighted by Gasteiger charge is -2.51. The number of nitrogens with zero attached hydrogens (tertiary/aromatic N) is 1. The minimum Gasteiger partial charge on any atom is -0.445 e. The topological polar surface area (TPSA) is 49.8 Å². The van der Waals surface area contributed by atoms with Crippen molar-refractivity contribution in [3.63, 3.8) is 0 Å². The Kier molecular flexibility index (Phi) is 5.15. The van der Waals surface area contributed by atoms with Crippen molar-refractivity contribution in [1.82, 2.24) is 4.90 Å². The summed E-state index contributed by atoms with van der Waals surface area (Å²) < 4.78 is 5.62. The Balaban J connectivity index is 1.51. The SMILES string of the molecule is Cc1ccc(C2(O)CC3CCCC(C2)N3C(=O)OCc2ccccc2)c(C)c1. The molecule has 0 saturated carbocycles. The molecule has 2 unspecified atom stereocenters. The van der Waals surface area contributed by atoms with Crippen LogP contribution in [0.3, 0.4) is 0 Å². The molecule has 2 aliphatic heterocycles. The van der Waals surface area contributed by atoms with Crippen molar-refractivity contribution in [2.75, 3.05) is 0 Å². The van der Waals surface area contributed by atoms with Gasteiger partial charge in [0, 0.05) is 24.9 Å². The molecule has 2 aromatic carbocycles. The van der Waals surface area contributed by atoms with Gasteiger partial charge >= 0.3 is 6.09 Å². The van der Waals surface area contributed by atoms with Gasteiger partial charge in [0.05, 0.1) is 5.60 Å². The van der Waals surface area contributed by atoms with Crippen molar-refractivity contribution in [2.45, 2.75) is 70.2 Å². The normalized spacial score (nSPS) is 26.8. The maximum Gasteiger partial charge on any atom is 0.410 e. The van der Waals surface area contributed by atoms with Crippen LogP contribution in [0.15, 0.2) is 48.5 Å². The van der Waals surface area contributed by atoms with Gasteiger partial charge < -0.3 is 14.7 Å². The number of carbonyl (C=O) groups excluding carboxylic acids is 1. The Hall–Kier alpha value is -2.33. The molecule has 0 spiro atoms. The molecule has 2 aromatic rings. The van der Waals surface area contributed by atoms with Crippen LogP contribution in [0.1, 0.15) is 54.4 Å². The lowest BCUT2D eigenvalue weighted by Crippen LogP contribution is -2.59. The van der Waals surface area contributed by atoms with Crippen LogP contribution < -0.4 is 0 Å². The van der Waals surface area contributed by atoms with Gasteiger partial charge in [-0.2, -0.15) is 0 Å². The summed E-state index contributed by atoms with van der Waals surface area (Å²) in [6.07, 6.45) is 3.85. The molecule has 0 aliphatic carbocycles. The molecule has 0 aromatic heterocycles. The van der Waals surface area contributed by atoms with E-state index in [9.17, 15) is 9.90 Å². The predicted molar refractivity (Wildman–Crippen MR) is 109 cm³/mol. The highest BCUT2D eigenvalue weighted by Gasteiger charge is 2.49. The van der Waals surface area contributed by atoms with Gasteiger partial charge in [-0.25, -0.2) is 4.79 Å². The Labute approximate surface area is 167 Å². The molecule has 2 bridgehead atoms. The third-order valence-electron chi connectivity index (χ3n) is 6.31. The largest absolute Gasteiger partial charge is 0.445 e. The molecule has 2 fully saturated rings. The van der Waals surface area contributed by atoms with E-state index in [0.29, 0.717) is 12.8 Å². The quantitative estimate of drug-likeness (QED) is 0.830. The standard InChI is InChI=1S/C24H29NO3/c1-17-11-12-22(18(2)13-17)24(27)14-20-9-6-10-21(15-24)25(20)23(26)28-16-19-7-4-3-5-8-19/h3-5,7-8,11-13,20-21,27H,6,9-10,14-16H2,1-2H3. The van der Waals surface area contributed by atoms with Gasteiger partial charge in [-0.3, -0.25) is 0 Å². The average Bonchev–Trinajstić information content (AvgIpc) is 2.66. The van der Waals surface area contributed by atoms with Crippen LogP contribution in [-0.2, 0) is 16.9 Å². The van der Waals surface area contributed by atoms with E-state index in [4.69, 9.17) is 4.74 Å². The molecule has 4 rings (SSSR count). The van der Waals surface area contributed by atoms with E-state index < -0.39 is 5.60 Å². The van der Waals surface area contributed by atoms with Crippen molar-refractivity contribution < 1.29 is 14.6 Å². The maximum absolute atomic E-state index is 12.9. The van der Waals surface area contributed by atoms with E-state index in [-0.39, 0.29) is 24.8 Å². The molecule has 2 atom stereocenters. The zero-order valence-corrected chi connectivity index (χ0v) is 16.7. The smallest absolute Gasteiger partial charge is 0.410 e. The van der Waals surface area contributed by atoms with Crippen LogP contribution in [0.25, 0.3) is 0 Å². The number of ether oxygens (including phenoxy) is 1. The minimum atomic E-state index is -0.871. The van der Waals surface area contributed by atoms with E-state index in [0.717, 1.165) is 36.0 Å². The maximum atomic E-state index is 12.9. The van der Waals surface area contributed by atoms with Gasteiger partial charge in [-0.15, -0.1) is 0 Å². The molecule has 4 heteroatoms. The molecular weight excluding hydrogens is 350 g/mol. The number of carbonyl (C=O) groups is 1. The van der Waals surface area contributed by atoms with Crippen LogP contribution in [0.4, 0.5) is 4.79 Å². The second kappa shape index (κ2) is 7.59. The number of aryl methyl sites for hydroxylation is 2. The Bertz CT molecular complexity index is 834. The Morgan fingerprint density at radius 1 is 1.11 bits per heavy atom. The third-order valence-corrected chi connectivity index (χ3v) is 6.31. The second-order valence-corrected chi connectivity index (χ2v) is 8.44. The summed E-state index contributed by atoms with van der Waals surface area (Å²) >= 11 is 0. The van der Waals surface area contributed by atoms with Crippen LogP contribution in [-0.4, -0.2) is 28.2 Å². The Morgan fingerprint density at radius 2 is 1.79 bits per heavy atom. The van der Waals surface area contributed by atoms with Gasteiger partial charge in [0.25, 0.3) is 0 Å². The van der Waals surface area contributed by atoms with Gasteiger partial charge in [0.15, 0.2) is 0 Å². The highest BCUT2D eigenvalue weighted by atomic mass is 16.6. The van der Waals surface area contributed by atoms with Crippen molar-refractivity contribution in [3.05, 3.63) is 70.8 Å². The summed E-state index contributed by atoms with van der Waals surface area (Å²) in [5.41, 5.74) is 3.45. The highest BCUT2D eigenvalue weighted by Crippen LogP contribution is 2.45. The van der Waals surface area contributed by atoms with Crippen LogP contribution in [0.2, 0.25) is 0 Å². The van der Waals surface area contributed by atoms with E-state index in [1.54, 1.807) is 0 Å². The molecule has 28 heavy (non-hydrogen) atoms. The summed E-state index contributed by atoms with van der Waals surface area (Å²) in [4.78, 5) is 14.8. The highest BCUT2D eigenvalue weighted by molar-refractivity contribution is 5.69. The first-order valence-electron chi connectivity index (χ1n) is 10.3. The monoisotopic (exact) mass is 379 g/mol. The van der Waals surface area contributed by atoms with Gasteiger partial charge in [0.1, 0.15) is 6.61 Å². The van der Waals surface area contributed by atoms with Crippen molar-refractivity contribution in [1.29, 1.82) is 0 Å². The number of amides is 1. The van der Waals surface area contributed by atoms with Gasteiger partial charge in [-0.1, -0.05) is 54.1 Å². The molecule has 1 N–H and O–H groups in total. The third kappa shape index (κ3) is 3.66. The Morgan fingerprint density at radius 3 is 2.43 bits per heavy atom. The van der Waals surface area contributed by atoms with Crippen LogP contribution >= 0.6 is 0 Å². The first-order valence-corrected chi connectivity index (χ1v) is 10.3. The number of piperidine rings is 2. The lowest BCUT2D eigenvalue weighted by molar-refractivity contribution is -0.0899. The van der Waals surface area contributed by atoms with Crippen molar-refractivity contribution >= 4 is 6.09 Å². The van der Waals surface area contributed by atoms with Gasteiger partial charge in [-0.05, 0) is 49.8 Å². The summed E-state index contributed by atoms with van der Waals surface area (Å²) in [5.74, 6) is 0. The number of benzene rings is 2. The molecule has 2 heterocycles. The summed E-state index contributed by atoms with van der Waals surface area (Å²) in [6.45, 7) is 4.43. The molecule has 2 aliphatic rings. The van der Waals surface area contributed by atoms with E-state index in [1.165, 1.54) is 5.56 Å². The fraction of sp³-hybridized carbons (Fsp3) is 0.458. The zero-order chi connectivity index (χ0) is 19.7. The summed E-state index contributed by atoms with van der Waals surface area (Å²) in [7, 11) is 0. The average molecular weight is 380 g/mol. The first-order chi connectivity index (χ1) is 13.5. The first kappa shape index (κ1) is 19.0. The fourth-order valence-corrected chi connectivity index (χ4v) is 5.08. The number of aliphatic hydroxyl groups is 1. The van der Waals surface area contributed by atoms with Gasteiger partial charge in [0.2, 0.25) is 0 Å². The number of rotatable bonds is 3. The minimum absolute atomic E-state index is 0.0291. The van der Waals surface area contributed by atoms with E-state index in [1.807, 2.05) is 35.2 Å². The predicted octanol–water partition coefficient (Wildman–Crippen LogP) is 4.84. The van der Waals surface area contributed by atoms with E-state index in [2.05, 4.69) is 32.0 Å². The lowest BCUT2D eigenvalue weighted by atomic mass is 9.71. The van der Waals surface area contributed by atoms with Crippen LogP contribution in [0, 0.1) is 13.8 Å². The second-order valence-electron chi connectivity index (χ2n) is 8.44. The van der Waals surface area contributed by atoms with Crippen LogP contribution in [0.5, 0.6) is 0 Å². The number of fused-ring (bicyclic) bond motifs is 2. The fourth-order valence-electron chi connectivity index (χ4n) is 5.08. The zero-order valence-electron chi connectivity index (χ0n) is 16.7. The molecule has 148 valence electrons. The molecule has 1 amide bonds. The van der Waals surface area contributed by atoms with Crippen molar-refractivity contribution in [3.8, 4) is 0 Å². The number of hydrogen-bond acceptors (Lipinski definition) is 3. The molecular formula is C24H29NO3. The molecule has 0 radical (unpaired) electrons. The molecule has 2 saturated heterocycles. The van der Waals surface area contributed by atoms with Crippen molar-refractivity contribution in [2.24, 2.45) is 0 Å².